The molecule has 0 unspecified atom stereocenters. The second kappa shape index (κ2) is 3.98. The van der Waals surface area contributed by atoms with Crippen LogP contribution in [0.2, 0.25) is 0 Å². The molecule has 0 spiro atoms. The van der Waals surface area contributed by atoms with E-state index in [4.69, 9.17) is 4.98 Å². The Morgan fingerprint density at radius 1 is 1.33 bits per heavy atom. The number of aromatic nitrogens is 1. The first-order valence-electron chi connectivity index (χ1n) is 5.74. The van der Waals surface area contributed by atoms with Crippen molar-refractivity contribution in [1.82, 2.24) is 4.98 Å². The zero-order chi connectivity index (χ0) is 10.3. The summed E-state index contributed by atoms with van der Waals surface area (Å²) in [5, 5.41) is 1.25. The quantitative estimate of drug-likeness (QED) is 0.817. The van der Waals surface area contributed by atoms with Gasteiger partial charge in [0.2, 0.25) is 0 Å². The van der Waals surface area contributed by atoms with E-state index in [1.807, 2.05) is 11.3 Å². The van der Waals surface area contributed by atoms with Crippen LogP contribution in [0.25, 0.3) is 0 Å². The van der Waals surface area contributed by atoms with Gasteiger partial charge in [-0.05, 0) is 25.7 Å². The van der Waals surface area contributed by atoms with Gasteiger partial charge < -0.3 is 4.90 Å². The monoisotopic (exact) mass is 240 g/mol. The minimum Gasteiger partial charge on any atom is -0.348 e. The molecule has 1 saturated heterocycles. The topological polar surface area (TPSA) is 16.1 Å². The highest BCUT2D eigenvalue weighted by molar-refractivity contribution is 7.79. The first kappa shape index (κ1) is 9.97. The average molecular weight is 240 g/mol. The summed E-state index contributed by atoms with van der Waals surface area (Å²) in [6.45, 7) is 2.40. The molecule has 1 aromatic heterocycles. The summed E-state index contributed by atoms with van der Waals surface area (Å²) in [5.74, 6) is 1.62. The molecule has 2 heterocycles. The van der Waals surface area contributed by atoms with Gasteiger partial charge in [0.1, 0.15) is 0 Å². The third-order valence-electron chi connectivity index (χ3n) is 3.20. The van der Waals surface area contributed by atoms with Crippen molar-refractivity contribution in [3.63, 3.8) is 0 Å². The molecule has 3 rings (SSSR count). The average Bonchev–Trinajstić information content (AvgIpc) is 2.83. The number of thiol groups is 1. The van der Waals surface area contributed by atoms with Crippen molar-refractivity contribution in [1.29, 1.82) is 0 Å². The van der Waals surface area contributed by atoms with Crippen LogP contribution in [0, 0.1) is 0 Å². The molecule has 0 amide bonds. The van der Waals surface area contributed by atoms with Crippen molar-refractivity contribution >= 4 is 29.1 Å². The summed E-state index contributed by atoms with van der Waals surface area (Å²) in [6, 6.07) is 0. The van der Waals surface area contributed by atoms with Crippen LogP contribution in [0.3, 0.4) is 0 Å². The Balaban J connectivity index is 1.88. The van der Waals surface area contributed by atoms with E-state index in [9.17, 15) is 0 Å². The summed E-state index contributed by atoms with van der Waals surface area (Å²) >= 11 is 6.27. The molecular formula is C11H16N2S2. The van der Waals surface area contributed by atoms with Crippen molar-refractivity contribution < 1.29 is 0 Å². The maximum Gasteiger partial charge on any atom is 0.185 e. The van der Waals surface area contributed by atoms with Gasteiger partial charge in [-0.25, -0.2) is 4.98 Å². The third kappa shape index (κ3) is 1.89. The minimum atomic E-state index is 0.764. The van der Waals surface area contributed by atoms with Gasteiger partial charge in [0.05, 0.1) is 5.69 Å². The van der Waals surface area contributed by atoms with E-state index in [1.165, 1.54) is 54.5 Å². The van der Waals surface area contributed by atoms with Crippen LogP contribution < -0.4 is 4.90 Å². The van der Waals surface area contributed by atoms with Gasteiger partial charge in [0.25, 0.3) is 0 Å². The molecule has 1 aliphatic heterocycles. The molecule has 0 atom stereocenters. The molecule has 2 fully saturated rings. The Bertz CT molecular complexity index is 351. The van der Waals surface area contributed by atoms with Gasteiger partial charge in [0, 0.05) is 29.6 Å². The standard InChI is InChI=1S/C11H16N2S2/c14-7-9-10(8-3-4-8)12-11(15-9)13-5-1-2-6-13/h8,14H,1-7H2. The third-order valence-corrected chi connectivity index (χ3v) is 4.86. The molecule has 1 saturated carbocycles. The lowest BCUT2D eigenvalue weighted by atomic mass is 10.3. The number of nitrogens with zero attached hydrogens (tertiary/aromatic N) is 2. The fourth-order valence-electron chi connectivity index (χ4n) is 2.18. The molecule has 0 aromatic carbocycles. The van der Waals surface area contributed by atoms with Crippen LogP contribution in [0.4, 0.5) is 5.13 Å². The van der Waals surface area contributed by atoms with Crippen LogP contribution in [0.15, 0.2) is 0 Å². The van der Waals surface area contributed by atoms with Crippen LogP contribution in [-0.4, -0.2) is 18.1 Å². The summed E-state index contributed by atoms with van der Waals surface area (Å²) in [5.41, 5.74) is 1.36. The van der Waals surface area contributed by atoms with E-state index >= 15 is 0 Å². The van der Waals surface area contributed by atoms with E-state index in [0.717, 1.165) is 11.7 Å². The van der Waals surface area contributed by atoms with Crippen molar-refractivity contribution in [2.24, 2.45) is 0 Å². The molecule has 1 aliphatic carbocycles. The highest BCUT2D eigenvalue weighted by Crippen LogP contribution is 2.44. The largest absolute Gasteiger partial charge is 0.348 e. The van der Waals surface area contributed by atoms with Gasteiger partial charge in [-0.15, -0.1) is 11.3 Å². The second-order valence-corrected chi connectivity index (χ2v) is 5.81. The van der Waals surface area contributed by atoms with Crippen LogP contribution in [0.1, 0.15) is 42.2 Å². The van der Waals surface area contributed by atoms with Crippen molar-refractivity contribution in [3.8, 4) is 0 Å². The number of rotatable bonds is 3. The van der Waals surface area contributed by atoms with Crippen molar-refractivity contribution in [3.05, 3.63) is 10.6 Å². The highest BCUT2D eigenvalue weighted by Gasteiger charge is 2.30. The molecular weight excluding hydrogens is 224 g/mol. The lowest BCUT2D eigenvalue weighted by Gasteiger charge is -2.12. The molecule has 1 aromatic rings. The predicted octanol–water partition coefficient (Wildman–Crippen LogP) is 3.05. The van der Waals surface area contributed by atoms with Crippen molar-refractivity contribution in [2.75, 3.05) is 18.0 Å². The molecule has 0 bridgehead atoms. The normalized spacial score (nSPS) is 21.3. The van der Waals surface area contributed by atoms with Gasteiger partial charge >= 0.3 is 0 Å². The van der Waals surface area contributed by atoms with Crippen LogP contribution in [0.5, 0.6) is 0 Å². The number of thiazole rings is 1. The lowest BCUT2D eigenvalue weighted by molar-refractivity contribution is 0.935. The van der Waals surface area contributed by atoms with Gasteiger partial charge in [-0.1, -0.05) is 0 Å². The molecule has 15 heavy (non-hydrogen) atoms. The molecule has 0 radical (unpaired) electrons. The number of hydrogen-bond acceptors (Lipinski definition) is 4. The SMILES string of the molecule is SCc1sc(N2CCCC2)nc1C1CC1. The second-order valence-electron chi connectivity index (χ2n) is 4.43. The Kier molecular flexibility index (Phi) is 2.64. The van der Waals surface area contributed by atoms with E-state index in [-0.39, 0.29) is 0 Å². The molecule has 0 N–H and O–H groups in total. The van der Waals surface area contributed by atoms with E-state index < -0.39 is 0 Å². The molecule has 82 valence electrons. The number of anilines is 1. The lowest BCUT2D eigenvalue weighted by Crippen LogP contribution is -2.17. The van der Waals surface area contributed by atoms with Crippen molar-refractivity contribution in [2.45, 2.75) is 37.4 Å². The molecule has 4 heteroatoms. The Labute approximate surface area is 100 Å². The summed E-state index contributed by atoms with van der Waals surface area (Å²) < 4.78 is 0. The predicted molar refractivity (Wildman–Crippen MR) is 68.2 cm³/mol. The van der Waals surface area contributed by atoms with Gasteiger partial charge in [-0.2, -0.15) is 12.6 Å². The first-order valence-corrected chi connectivity index (χ1v) is 7.19. The minimum absolute atomic E-state index is 0.764. The van der Waals surface area contributed by atoms with Gasteiger partial charge in [0.15, 0.2) is 5.13 Å². The zero-order valence-electron chi connectivity index (χ0n) is 8.78. The number of hydrogen-bond donors (Lipinski definition) is 1. The zero-order valence-corrected chi connectivity index (χ0v) is 10.5. The maximum absolute atomic E-state index is 4.82. The first-order chi connectivity index (χ1) is 7.38. The Morgan fingerprint density at radius 2 is 2.07 bits per heavy atom. The maximum atomic E-state index is 4.82. The fourth-order valence-corrected chi connectivity index (χ4v) is 3.60. The molecule has 2 nitrogen and oxygen atoms in total. The van der Waals surface area contributed by atoms with E-state index in [1.54, 1.807) is 0 Å². The van der Waals surface area contributed by atoms with Crippen LogP contribution in [-0.2, 0) is 5.75 Å². The summed E-state index contributed by atoms with van der Waals surface area (Å²) in [6.07, 6.45) is 5.33. The highest BCUT2D eigenvalue weighted by atomic mass is 32.1. The van der Waals surface area contributed by atoms with E-state index in [2.05, 4.69) is 17.5 Å². The van der Waals surface area contributed by atoms with E-state index in [0.29, 0.717) is 0 Å². The summed E-state index contributed by atoms with van der Waals surface area (Å²) in [4.78, 5) is 8.66. The Hall–Kier alpha value is -0.220. The Morgan fingerprint density at radius 3 is 2.67 bits per heavy atom. The van der Waals surface area contributed by atoms with Gasteiger partial charge in [-0.3, -0.25) is 0 Å². The summed E-state index contributed by atoms with van der Waals surface area (Å²) in [7, 11) is 0. The smallest absolute Gasteiger partial charge is 0.185 e. The fraction of sp³-hybridized carbons (Fsp3) is 0.727. The molecule has 2 aliphatic rings. The van der Waals surface area contributed by atoms with Crippen LogP contribution >= 0.6 is 24.0 Å².